The van der Waals surface area contributed by atoms with Gasteiger partial charge in [0.1, 0.15) is 0 Å². The van der Waals surface area contributed by atoms with Gasteiger partial charge in [0.05, 0.1) is 0 Å². The van der Waals surface area contributed by atoms with Gasteiger partial charge in [0.2, 0.25) is 0 Å². The molecule has 0 rings (SSSR count). The highest BCUT2D eigenvalue weighted by molar-refractivity contribution is 4.68. The largest absolute Gasteiger partial charge is 0.326 e. The van der Waals surface area contributed by atoms with Crippen LogP contribution in [-0.4, -0.2) is 31.1 Å². The number of hydrogen-bond donors (Lipinski definition) is 1. The van der Waals surface area contributed by atoms with Crippen molar-refractivity contribution in [3.05, 3.63) is 0 Å². The highest BCUT2D eigenvalue weighted by Gasteiger charge is 2.09. The molecule has 0 radical (unpaired) electrons. The third-order valence-corrected chi connectivity index (χ3v) is 2.27. The van der Waals surface area contributed by atoms with Gasteiger partial charge >= 0.3 is 0 Å². The maximum atomic E-state index is 5.95. The summed E-state index contributed by atoms with van der Waals surface area (Å²) in [6.07, 6.45) is 2.54. The van der Waals surface area contributed by atoms with Gasteiger partial charge in [-0.05, 0) is 25.9 Å². The first-order chi connectivity index (χ1) is 5.57. The Kier molecular flexibility index (Phi) is 6.39. The molecule has 0 aromatic heterocycles. The first-order valence-electron chi connectivity index (χ1n) is 5.02. The van der Waals surface area contributed by atoms with Crippen LogP contribution < -0.4 is 5.73 Å². The third-order valence-electron chi connectivity index (χ3n) is 2.27. The van der Waals surface area contributed by atoms with Gasteiger partial charge in [0.25, 0.3) is 0 Å². The van der Waals surface area contributed by atoms with Crippen LogP contribution in [0.3, 0.4) is 0 Å². The zero-order valence-corrected chi connectivity index (χ0v) is 9.01. The van der Waals surface area contributed by atoms with Gasteiger partial charge in [0.15, 0.2) is 0 Å². The topological polar surface area (TPSA) is 29.3 Å². The van der Waals surface area contributed by atoms with E-state index in [-0.39, 0.29) is 0 Å². The van der Waals surface area contributed by atoms with Crippen LogP contribution in [0.25, 0.3) is 0 Å². The molecule has 0 aromatic rings. The van der Waals surface area contributed by atoms with E-state index in [1.807, 2.05) is 0 Å². The zero-order chi connectivity index (χ0) is 9.56. The van der Waals surface area contributed by atoms with Crippen LogP contribution in [0.15, 0.2) is 0 Å². The van der Waals surface area contributed by atoms with Gasteiger partial charge in [-0.25, -0.2) is 0 Å². The molecule has 0 bridgehead atoms. The average molecular weight is 172 g/mol. The van der Waals surface area contributed by atoms with Crippen molar-refractivity contribution in [2.45, 2.75) is 39.7 Å². The molecule has 0 amide bonds. The Morgan fingerprint density at radius 1 is 1.33 bits per heavy atom. The summed E-state index contributed by atoms with van der Waals surface area (Å²) in [5.74, 6) is 0.592. The molecule has 2 heteroatoms. The van der Waals surface area contributed by atoms with Crippen LogP contribution in [0, 0.1) is 5.92 Å². The van der Waals surface area contributed by atoms with Crippen molar-refractivity contribution >= 4 is 0 Å². The van der Waals surface area contributed by atoms with Gasteiger partial charge in [-0.3, -0.25) is 0 Å². The molecule has 0 saturated carbocycles. The van der Waals surface area contributed by atoms with E-state index in [0.29, 0.717) is 12.0 Å². The Morgan fingerprint density at radius 2 is 1.92 bits per heavy atom. The Morgan fingerprint density at radius 3 is 2.33 bits per heavy atom. The summed E-state index contributed by atoms with van der Waals surface area (Å²) in [6.45, 7) is 8.78. The Bertz CT molecular complexity index is 102. The molecule has 1 unspecified atom stereocenters. The average Bonchev–Trinajstić information content (AvgIpc) is 2.00. The van der Waals surface area contributed by atoms with Crippen LogP contribution >= 0.6 is 0 Å². The van der Waals surface area contributed by atoms with E-state index in [1.165, 1.54) is 19.4 Å². The Balaban J connectivity index is 3.47. The molecule has 12 heavy (non-hydrogen) atoms. The number of unbranched alkanes of at least 4 members (excludes halogenated alkanes) is 1. The summed E-state index contributed by atoms with van der Waals surface area (Å²) >= 11 is 0. The second-order valence-electron chi connectivity index (χ2n) is 4.02. The Labute approximate surface area is 77.1 Å². The fraction of sp³-hybridized carbons (Fsp3) is 1.00. The van der Waals surface area contributed by atoms with Crippen molar-refractivity contribution in [2.24, 2.45) is 11.7 Å². The fourth-order valence-electron chi connectivity index (χ4n) is 1.09. The summed E-state index contributed by atoms with van der Waals surface area (Å²) in [5.41, 5.74) is 5.95. The van der Waals surface area contributed by atoms with Crippen LogP contribution in [0.2, 0.25) is 0 Å². The van der Waals surface area contributed by atoms with Gasteiger partial charge in [-0.2, -0.15) is 0 Å². The van der Waals surface area contributed by atoms with E-state index < -0.39 is 0 Å². The molecule has 0 spiro atoms. The Hall–Kier alpha value is -0.0800. The van der Waals surface area contributed by atoms with Crippen molar-refractivity contribution in [3.63, 3.8) is 0 Å². The summed E-state index contributed by atoms with van der Waals surface area (Å²) in [5, 5.41) is 0. The van der Waals surface area contributed by atoms with Gasteiger partial charge in [-0.15, -0.1) is 0 Å². The molecule has 0 aromatic carbocycles. The lowest BCUT2D eigenvalue weighted by molar-refractivity contribution is 0.279. The van der Waals surface area contributed by atoms with Crippen molar-refractivity contribution < 1.29 is 0 Å². The number of hydrogen-bond acceptors (Lipinski definition) is 2. The summed E-state index contributed by atoms with van der Waals surface area (Å²) in [6, 6.07) is 0.326. The smallest absolute Gasteiger partial charge is 0.0191 e. The third kappa shape index (κ3) is 5.56. The fourth-order valence-corrected chi connectivity index (χ4v) is 1.09. The predicted octanol–water partition coefficient (Wildman–Crippen LogP) is 1.70. The standard InChI is InChI=1S/C10H24N2/c1-5-6-7-12(4)8-10(11)9(2)3/h9-10H,5-8,11H2,1-4H3. The highest BCUT2D eigenvalue weighted by atomic mass is 15.1. The molecule has 0 aliphatic rings. The molecule has 0 aliphatic heterocycles. The molecule has 0 fully saturated rings. The molecule has 74 valence electrons. The van der Waals surface area contributed by atoms with Gasteiger partial charge in [0, 0.05) is 12.6 Å². The summed E-state index contributed by atoms with van der Waals surface area (Å²) < 4.78 is 0. The molecule has 2 nitrogen and oxygen atoms in total. The van der Waals surface area contributed by atoms with Crippen LogP contribution in [0.1, 0.15) is 33.6 Å². The minimum absolute atomic E-state index is 0.326. The highest BCUT2D eigenvalue weighted by Crippen LogP contribution is 2.00. The molecule has 0 heterocycles. The molecule has 1 atom stereocenters. The van der Waals surface area contributed by atoms with E-state index in [9.17, 15) is 0 Å². The number of rotatable bonds is 6. The van der Waals surface area contributed by atoms with Crippen molar-refractivity contribution in [1.82, 2.24) is 4.90 Å². The van der Waals surface area contributed by atoms with E-state index in [1.54, 1.807) is 0 Å². The molecule has 2 N–H and O–H groups in total. The maximum absolute atomic E-state index is 5.95. The predicted molar refractivity (Wildman–Crippen MR) is 55.2 cm³/mol. The minimum atomic E-state index is 0.326. The van der Waals surface area contributed by atoms with E-state index in [4.69, 9.17) is 5.73 Å². The summed E-state index contributed by atoms with van der Waals surface area (Å²) in [4.78, 5) is 2.33. The van der Waals surface area contributed by atoms with Gasteiger partial charge < -0.3 is 10.6 Å². The number of likely N-dealkylation sites (N-methyl/N-ethyl adjacent to an activating group) is 1. The van der Waals surface area contributed by atoms with Crippen molar-refractivity contribution in [2.75, 3.05) is 20.1 Å². The maximum Gasteiger partial charge on any atom is 0.0191 e. The van der Waals surface area contributed by atoms with Crippen molar-refractivity contribution in [1.29, 1.82) is 0 Å². The van der Waals surface area contributed by atoms with E-state index in [2.05, 4.69) is 32.7 Å². The second kappa shape index (κ2) is 6.44. The molecular weight excluding hydrogens is 148 g/mol. The lowest BCUT2D eigenvalue weighted by atomic mass is 10.1. The minimum Gasteiger partial charge on any atom is -0.326 e. The zero-order valence-electron chi connectivity index (χ0n) is 9.01. The first-order valence-corrected chi connectivity index (χ1v) is 5.02. The molecule has 0 aliphatic carbocycles. The van der Waals surface area contributed by atoms with E-state index >= 15 is 0 Å². The van der Waals surface area contributed by atoms with Crippen LogP contribution in [-0.2, 0) is 0 Å². The van der Waals surface area contributed by atoms with Gasteiger partial charge in [-0.1, -0.05) is 27.2 Å². The molecular formula is C10H24N2. The first kappa shape index (κ1) is 11.9. The summed E-state index contributed by atoms with van der Waals surface area (Å²) in [7, 11) is 2.15. The second-order valence-corrected chi connectivity index (χ2v) is 4.02. The lowest BCUT2D eigenvalue weighted by Crippen LogP contribution is -2.39. The van der Waals surface area contributed by atoms with E-state index in [0.717, 1.165) is 6.54 Å². The van der Waals surface area contributed by atoms with Crippen LogP contribution in [0.4, 0.5) is 0 Å². The number of nitrogens with zero attached hydrogens (tertiary/aromatic N) is 1. The quantitative estimate of drug-likeness (QED) is 0.661. The van der Waals surface area contributed by atoms with Crippen LogP contribution in [0.5, 0.6) is 0 Å². The van der Waals surface area contributed by atoms with Crippen molar-refractivity contribution in [3.8, 4) is 0 Å². The number of nitrogens with two attached hydrogens (primary N) is 1. The normalized spacial score (nSPS) is 14.2. The lowest BCUT2D eigenvalue weighted by Gasteiger charge is -2.23. The molecule has 0 saturated heterocycles. The monoisotopic (exact) mass is 172 g/mol. The SMILES string of the molecule is CCCCN(C)CC(N)C(C)C.